The highest BCUT2D eigenvalue weighted by Crippen LogP contribution is 2.29. The number of carbonyl (C=O) groups is 3. The van der Waals surface area contributed by atoms with Crippen molar-refractivity contribution in [1.29, 1.82) is 0 Å². The van der Waals surface area contributed by atoms with Crippen molar-refractivity contribution in [1.82, 2.24) is 20.1 Å². The summed E-state index contributed by atoms with van der Waals surface area (Å²) in [6.45, 7) is 0.173. The van der Waals surface area contributed by atoms with Crippen LogP contribution >= 0.6 is 0 Å². The summed E-state index contributed by atoms with van der Waals surface area (Å²) in [7, 11) is 0. The molecule has 0 atom stereocenters. The van der Waals surface area contributed by atoms with Crippen molar-refractivity contribution >= 4 is 34.4 Å². The Kier molecular flexibility index (Phi) is 3.92. The molecule has 0 saturated heterocycles. The van der Waals surface area contributed by atoms with Crippen LogP contribution in [0.3, 0.4) is 0 Å². The number of anilines is 1. The fourth-order valence-electron chi connectivity index (χ4n) is 3.14. The molecule has 3 amide bonds. The van der Waals surface area contributed by atoms with E-state index in [4.69, 9.17) is 0 Å². The van der Waals surface area contributed by atoms with Gasteiger partial charge in [-0.2, -0.15) is 10.1 Å². The van der Waals surface area contributed by atoms with Gasteiger partial charge in [-0.25, -0.2) is 5.10 Å². The van der Waals surface area contributed by atoms with Crippen LogP contribution in [0.15, 0.2) is 42.7 Å². The minimum atomic E-state index is -0.324. The monoisotopic (exact) mass is 349 g/mol. The smallest absolute Gasteiger partial charge is 0.261 e. The van der Waals surface area contributed by atoms with E-state index >= 15 is 0 Å². The standard InChI is InChI=1S/C18H15N5O3/c24-14(21-18-19-10-20-22-18)8-3-9-23-16(25)12-6-1-4-11-5-2-7-13(15(11)12)17(23)26/h1-2,4-7,10H,3,8-9H2,(H2,19,20,21,22,24). The van der Waals surface area contributed by atoms with E-state index in [9.17, 15) is 14.4 Å². The van der Waals surface area contributed by atoms with Gasteiger partial charge in [0.05, 0.1) is 0 Å². The third-order valence-electron chi connectivity index (χ3n) is 4.31. The normalized spacial score (nSPS) is 13.3. The number of amides is 3. The van der Waals surface area contributed by atoms with Gasteiger partial charge in [-0.1, -0.05) is 24.3 Å². The second-order valence-corrected chi connectivity index (χ2v) is 5.96. The molecule has 0 radical (unpaired) electrons. The molecule has 0 fully saturated rings. The second-order valence-electron chi connectivity index (χ2n) is 5.96. The van der Waals surface area contributed by atoms with Crippen molar-refractivity contribution in [2.24, 2.45) is 0 Å². The zero-order valence-corrected chi connectivity index (χ0v) is 13.7. The van der Waals surface area contributed by atoms with Gasteiger partial charge in [0.1, 0.15) is 6.33 Å². The summed E-state index contributed by atoms with van der Waals surface area (Å²) in [5, 5.41) is 10.3. The van der Waals surface area contributed by atoms with Gasteiger partial charge in [0.2, 0.25) is 11.9 Å². The number of benzene rings is 2. The van der Waals surface area contributed by atoms with Crippen molar-refractivity contribution in [3.63, 3.8) is 0 Å². The van der Waals surface area contributed by atoms with E-state index in [1.165, 1.54) is 11.2 Å². The number of rotatable bonds is 5. The van der Waals surface area contributed by atoms with Gasteiger partial charge in [0.25, 0.3) is 11.8 Å². The quantitative estimate of drug-likeness (QED) is 0.685. The fraction of sp³-hybridized carbons (Fsp3) is 0.167. The van der Waals surface area contributed by atoms with Crippen molar-refractivity contribution in [3.05, 3.63) is 53.9 Å². The lowest BCUT2D eigenvalue weighted by Gasteiger charge is -2.27. The maximum Gasteiger partial charge on any atom is 0.261 e. The van der Waals surface area contributed by atoms with E-state index in [0.29, 0.717) is 22.9 Å². The number of aromatic amines is 1. The Morgan fingerprint density at radius 3 is 2.38 bits per heavy atom. The molecule has 2 aromatic carbocycles. The lowest BCUT2D eigenvalue weighted by Crippen LogP contribution is -2.41. The van der Waals surface area contributed by atoms with Crippen molar-refractivity contribution < 1.29 is 14.4 Å². The van der Waals surface area contributed by atoms with Crippen LogP contribution in [-0.2, 0) is 4.79 Å². The highest BCUT2D eigenvalue weighted by molar-refractivity contribution is 6.25. The van der Waals surface area contributed by atoms with Gasteiger partial charge in [-0.15, -0.1) is 0 Å². The van der Waals surface area contributed by atoms with Crippen LogP contribution in [0.2, 0.25) is 0 Å². The van der Waals surface area contributed by atoms with E-state index in [1.807, 2.05) is 12.1 Å². The largest absolute Gasteiger partial charge is 0.295 e. The van der Waals surface area contributed by atoms with E-state index in [-0.39, 0.29) is 36.6 Å². The Morgan fingerprint density at radius 1 is 1.08 bits per heavy atom. The summed E-state index contributed by atoms with van der Waals surface area (Å²) < 4.78 is 0. The number of carbonyl (C=O) groups excluding carboxylic acids is 3. The maximum absolute atomic E-state index is 12.7. The van der Waals surface area contributed by atoms with E-state index in [1.54, 1.807) is 24.3 Å². The first-order chi connectivity index (χ1) is 12.6. The summed E-state index contributed by atoms with van der Waals surface area (Å²) >= 11 is 0. The van der Waals surface area contributed by atoms with Gasteiger partial charge in [-0.3, -0.25) is 24.6 Å². The second kappa shape index (κ2) is 6.40. The Hall–Kier alpha value is -3.55. The Bertz CT molecular complexity index is 962. The number of H-pyrrole nitrogens is 1. The minimum absolute atomic E-state index is 0.156. The fourth-order valence-corrected chi connectivity index (χ4v) is 3.14. The predicted molar refractivity (Wildman–Crippen MR) is 93.6 cm³/mol. The molecule has 3 aromatic rings. The number of nitrogens with zero attached hydrogens (tertiary/aromatic N) is 3. The van der Waals surface area contributed by atoms with Crippen LogP contribution in [0.1, 0.15) is 33.6 Å². The van der Waals surface area contributed by atoms with Crippen molar-refractivity contribution in [3.8, 4) is 0 Å². The predicted octanol–water partition coefficient (Wildman–Crippen LogP) is 1.97. The molecule has 26 heavy (non-hydrogen) atoms. The summed E-state index contributed by atoms with van der Waals surface area (Å²) in [6, 6.07) is 10.8. The van der Waals surface area contributed by atoms with Crippen LogP contribution in [0, 0.1) is 0 Å². The number of imide groups is 1. The Morgan fingerprint density at radius 2 is 1.77 bits per heavy atom. The Balaban J connectivity index is 1.47. The number of hydrogen-bond donors (Lipinski definition) is 2. The topological polar surface area (TPSA) is 108 Å². The van der Waals surface area contributed by atoms with Crippen LogP contribution in [0.4, 0.5) is 5.95 Å². The summed E-state index contributed by atoms with van der Waals surface area (Å²) in [5.74, 6) is -0.647. The maximum atomic E-state index is 12.7. The highest BCUT2D eigenvalue weighted by atomic mass is 16.2. The van der Waals surface area contributed by atoms with Crippen LogP contribution in [-0.4, -0.2) is 44.3 Å². The zero-order valence-electron chi connectivity index (χ0n) is 13.7. The molecule has 2 N–H and O–H groups in total. The van der Waals surface area contributed by atoms with Gasteiger partial charge in [0, 0.05) is 29.5 Å². The molecule has 1 aliphatic heterocycles. The molecule has 4 rings (SSSR count). The Labute approximate surface area is 148 Å². The molecule has 8 heteroatoms. The number of hydrogen-bond acceptors (Lipinski definition) is 5. The SMILES string of the molecule is O=C(CCCN1C(=O)c2cccc3cccc(c23)C1=O)Nc1ncn[nH]1. The molecule has 0 bridgehead atoms. The molecule has 8 nitrogen and oxygen atoms in total. The van der Waals surface area contributed by atoms with Crippen molar-refractivity contribution in [2.75, 3.05) is 11.9 Å². The lowest BCUT2D eigenvalue weighted by molar-refractivity contribution is -0.116. The first-order valence-electron chi connectivity index (χ1n) is 8.18. The molecular formula is C18H15N5O3. The lowest BCUT2D eigenvalue weighted by atomic mass is 9.94. The van der Waals surface area contributed by atoms with Gasteiger partial charge in [-0.05, 0) is 23.9 Å². The molecule has 0 aliphatic carbocycles. The first-order valence-corrected chi connectivity index (χ1v) is 8.18. The summed E-state index contributed by atoms with van der Waals surface area (Å²) in [5.41, 5.74) is 1.03. The third-order valence-corrected chi connectivity index (χ3v) is 4.31. The van der Waals surface area contributed by atoms with Gasteiger partial charge < -0.3 is 0 Å². The molecule has 2 heterocycles. The van der Waals surface area contributed by atoms with Gasteiger partial charge in [0.15, 0.2) is 0 Å². The summed E-state index contributed by atoms with van der Waals surface area (Å²) in [4.78, 5) is 42.3. The molecule has 0 unspecified atom stereocenters. The summed E-state index contributed by atoms with van der Waals surface area (Å²) in [6.07, 6.45) is 1.80. The average molecular weight is 349 g/mol. The molecular weight excluding hydrogens is 334 g/mol. The average Bonchev–Trinajstić information content (AvgIpc) is 3.15. The number of nitrogens with one attached hydrogen (secondary N) is 2. The van der Waals surface area contributed by atoms with Gasteiger partial charge >= 0.3 is 0 Å². The molecule has 0 spiro atoms. The highest BCUT2D eigenvalue weighted by Gasteiger charge is 2.32. The van der Waals surface area contributed by atoms with Crippen molar-refractivity contribution in [2.45, 2.75) is 12.8 Å². The van der Waals surface area contributed by atoms with Crippen LogP contribution in [0.5, 0.6) is 0 Å². The molecule has 130 valence electrons. The number of aromatic nitrogens is 3. The van der Waals surface area contributed by atoms with Crippen LogP contribution < -0.4 is 5.32 Å². The molecule has 1 aliphatic rings. The molecule has 0 saturated carbocycles. The minimum Gasteiger partial charge on any atom is -0.295 e. The zero-order chi connectivity index (χ0) is 18.1. The van der Waals surface area contributed by atoms with E-state index in [2.05, 4.69) is 20.5 Å². The first kappa shape index (κ1) is 15.9. The van der Waals surface area contributed by atoms with Crippen LogP contribution in [0.25, 0.3) is 10.8 Å². The van der Waals surface area contributed by atoms with E-state index in [0.717, 1.165) is 5.39 Å². The van der Waals surface area contributed by atoms with E-state index < -0.39 is 0 Å². The molecule has 1 aromatic heterocycles. The third kappa shape index (κ3) is 2.71.